The smallest absolute Gasteiger partial charge is 0.370 e. The van der Waals surface area contributed by atoms with Crippen molar-refractivity contribution in [3.8, 4) is 0 Å². The molecule has 0 saturated carbocycles. The van der Waals surface area contributed by atoms with Crippen molar-refractivity contribution < 1.29 is 13.2 Å². The molecule has 4 nitrogen and oxygen atoms in total. The van der Waals surface area contributed by atoms with E-state index in [1.54, 1.807) is 6.07 Å². The fourth-order valence-electron chi connectivity index (χ4n) is 2.18. The lowest BCUT2D eigenvalue weighted by Crippen LogP contribution is -2.30. The number of nitrogens with one attached hydrogen (secondary N) is 3. The Kier molecular flexibility index (Phi) is 3.96. The molecule has 2 heterocycles. The number of hydrogen-bond acceptors (Lipinski definition) is 4. The van der Waals surface area contributed by atoms with Crippen molar-refractivity contribution in [2.75, 3.05) is 11.9 Å². The third-order valence-electron chi connectivity index (χ3n) is 3.38. The van der Waals surface area contributed by atoms with Crippen molar-refractivity contribution in [1.29, 1.82) is 0 Å². The van der Waals surface area contributed by atoms with Gasteiger partial charge >= 0.3 is 6.18 Å². The average Bonchev–Trinajstić information content (AvgIpc) is 2.66. The Morgan fingerprint density at radius 1 is 1.21 bits per heavy atom. The number of aromatic nitrogens is 1. The van der Waals surface area contributed by atoms with Crippen molar-refractivity contribution in [1.82, 2.24) is 15.8 Å². The topological polar surface area (TPSA) is 49.0 Å². The van der Waals surface area contributed by atoms with E-state index < -0.39 is 11.9 Å². The predicted molar refractivity (Wildman–Crippen MR) is 66.4 cm³/mol. The molecule has 3 N–H and O–H groups in total. The number of rotatable bonds is 3. The summed E-state index contributed by atoms with van der Waals surface area (Å²) in [6.07, 6.45) is -4.41. The van der Waals surface area contributed by atoms with Gasteiger partial charge in [-0.15, -0.1) is 0 Å². The van der Waals surface area contributed by atoms with E-state index in [9.17, 15) is 13.2 Å². The molecular formula is C12H17F3N4. The molecule has 106 valence electrons. The first-order valence-corrected chi connectivity index (χ1v) is 6.17. The minimum atomic E-state index is -4.41. The van der Waals surface area contributed by atoms with E-state index in [1.807, 2.05) is 13.8 Å². The predicted octanol–water partition coefficient (Wildman–Crippen LogP) is 2.01. The first-order valence-electron chi connectivity index (χ1n) is 6.17. The summed E-state index contributed by atoms with van der Waals surface area (Å²) in [5.74, 6) is 0.539. The molecule has 2 atom stereocenters. The van der Waals surface area contributed by atoms with E-state index in [0.717, 1.165) is 6.07 Å². The van der Waals surface area contributed by atoms with E-state index in [2.05, 4.69) is 21.2 Å². The third kappa shape index (κ3) is 3.36. The Hall–Kier alpha value is -1.34. The molecule has 7 heteroatoms. The fourth-order valence-corrected chi connectivity index (χ4v) is 2.18. The number of hydrazine groups is 1. The molecule has 1 saturated heterocycles. The summed E-state index contributed by atoms with van der Waals surface area (Å²) in [7, 11) is 0. The van der Waals surface area contributed by atoms with Gasteiger partial charge in [-0.05, 0) is 26.0 Å². The molecule has 1 aromatic heterocycles. The number of hydrogen-bond donors (Lipinski definition) is 3. The largest absolute Gasteiger partial charge is 0.433 e. The lowest BCUT2D eigenvalue weighted by molar-refractivity contribution is -0.141. The van der Waals surface area contributed by atoms with Crippen LogP contribution in [-0.2, 0) is 6.18 Å². The first kappa shape index (κ1) is 14.1. The molecule has 2 rings (SSSR count). The summed E-state index contributed by atoms with van der Waals surface area (Å²) in [4.78, 5) is 3.58. The number of anilines is 1. The van der Waals surface area contributed by atoms with E-state index in [0.29, 0.717) is 6.54 Å². The minimum absolute atomic E-state index is 0.251. The van der Waals surface area contributed by atoms with Crippen LogP contribution in [0.1, 0.15) is 19.5 Å². The lowest BCUT2D eigenvalue weighted by atomic mass is 9.97. The summed E-state index contributed by atoms with van der Waals surface area (Å²) in [6, 6.07) is 4.38. The van der Waals surface area contributed by atoms with Crippen LogP contribution in [-0.4, -0.2) is 23.6 Å². The molecule has 1 aliphatic rings. The van der Waals surface area contributed by atoms with Gasteiger partial charge in [-0.3, -0.25) is 10.9 Å². The molecule has 1 aromatic rings. The summed E-state index contributed by atoms with van der Waals surface area (Å²) >= 11 is 0. The van der Waals surface area contributed by atoms with Crippen molar-refractivity contribution in [3.63, 3.8) is 0 Å². The molecule has 2 unspecified atom stereocenters. The Labute approximate surface area is 109 Å². The van der Waals surface area contributed by atoms with Gasteiger partial charge in [-0.25, -0.2) is 4.98 Å². The van der Waals surface area contributed by atoms with E-state index >= 15 is 0 Å². The SMILES string of the molecule is CC1NNC(C)C1CNc1cccc(C(F)(F)F)n1. The Morgan fingerprint density at radius 2 is 1.84 bits per heavy atom. The molecule has 0 radical (unpaired) electrons. The van der Waals surface area contributed by atoms with Gasteiger partial charge in [0.25, 0.3) is 0 Å². The highest BCUT2D eigenvalue weighted by atomic mass is 19.4. The van der Waals surface area contributed by atoms with Crippen LogP contribution in [0.5, 0.6) is 0 Å². The van der Waals surface area contributed by atoms with Gasteiger partial charge in [0, 0.05) is 24.5 Å². The molecular weight excluding hydrogens is 257 g/mol. The second kappa shape index (κ2) is 5.34. The first-order chi connectivity index (χ1) is 8.88. The Bertz CT molecular complexity index is 425. The Morgan fingerprint density at radius 3 is 2.42 bits per heavy atom. The number of halogens is 3. The molecule has 0 amide bonds. The van der Waals surface area contributed by atoms with Gasteiger partial charge in [-0.1, -0.05) is 6.07 Å². The van der Waals surface area contributed by atoms with Crippen LogP contribution >= 0.6 is 0 Å². The van der Waals surface area contributed by atoms with Gasteiger partial charge in [0.2, 0.25) is 0 Å². The van der Waals surface area contributed by atoms with Crippen molar-refractivity contribution in [3.05, 3.63) is 23.9 Å². The molecule has 1 fully saturated rings. The monoisotopic (exact) mass is 274 g/mol. The van der Waals surface area contributed by atoms with Gasteiger partial charge < -0.3 is 5.32 Å². The van der Waals surface area contributed by atoms with E-state index in [4.69, 9.17) is 0 Å². The maximum atomic E-state index is 12.5. The molecule has 0 aliphatic carbocycles. The van der Waals surface area contributed by atoms with Gasteiger partial charge in [-0.2, -0.15) is 13.2 Å². The fraction of sp³-hybridized carbons (Fsp3) is 0.583. The highest BCUT2D eigenvalue weighted by Gasteiger charge is 2.33. The standard InChI is InChI=1S/C12H17F3N4/c1-7-9(8(2)19-18-7)6-16-11-5-3-4-10(17-11)12(13,14)15/h3-5,7-9,18-19H,6H2,1-2H3,(H,16,17). The summed E-state index contributed by atoms with van der Waals surface area (Å²) in [5.41, 5.74) is 5.33. The van der Waals surface area contributed by atoms with Crippen LogP contribution in [0.3, 0.4) is 0 Å². The highest BCUT2D eigenvalue weighted by molar-refractivity contribution is 5.36. The lowest BCUT2D eigenvalue weighted by Gasteiger charge is -2.19. The van der Waals surface area contributed by atoms with Crippen LogP contribution in [0.2, 0.25) is 0 Å². The normalized spacial score (nSPS) is 27.5. The van der Waals surface area contributed by atoms with Crippen molar-refractivity contribution in [2.24, 2.45) is 5.92 Å². The molecule has 19 heavy (non-hydrogen) atoms. The van der Waals surface area contributed by atoms with Gasteiger partial charge in [0.15, 0.2) is 0 Å². The van der Waals surface area contributed by atoms with Crippen LogP contribution < -0.4 is 16.2 Å². The van der Waals surface area contributed by atoms with Crippen LogP contribution in [0.4, 0.5) is 19.0 Å². The van der Waals surface area contributed by atoms with Gasteiger partial charge in [0.1, 0.15) is 11.5 Å². The number of pyridine rings is 1. The van der Waals surface area contributed by atoms with Crippen LogP contribution in [0, 0.1) is 5.92 Å². The maximum Gasteiger partial charge on any atom is 0.433 e. The molecule has 0 bridgehead atoms. The summed E-state index contributed by atoms with van der Waals surface area (Å²) < 4.78 is 37.6. The molecule has 1 aliphatic heterocycles. The zero-order valence-electron chi connectivity index (χ0n) is 10.8. The zero-order valence-corrected chi connectivity index (χ0v) is 10.8. The van der Waals surface area contributed by atoms with Crippen LogP contribution in [0.15, 0.2) is 18.2 Å². The van der Waals surface area contributed by atoms with Gasteiger partial charge in [0.05, 0.1) is 0 Å². The number of nitrogens with zero attached hydrogens (tertiary/aromatic N) is 1. The molecule has 0 aromatic carbocycles. The second-order valence-electron chi connectivity index (χ2n) is 4.82. The average molecular weight is 274 g/mol. The van der Waals surface area contributed by atoms with E-state index in [-0.39, 0.29) is 23.8 Å². The second-order valence-corrected chi connectivity index (χ2v) is 4.82. The quantitative estimate of drug-likeness (QED) is 0.789. The van der Waals surface area contributed by atoms with Crippen LogP contribution in [0.25, 0.3) is 0 Å². The number of alkyl halides is 3. The van der Waals surface area contributed by atoms with Crippen molar-refractivity contribution >= 4 is 5.82 Å². The summed E-state index contributed by atoms with van der Waals surface area (Å²) in [5, 5.41) is 2.97. The Balaban J connectivity index is 2.00. The van der Waals surface area contributed by atoms with E-state index in [1.165, 1.54) is 6.07 Å². The van der Waals surface area contributed by atoms with Crippen molar-refractivity contribution in [2.45, 2.75) is 32.1 Å². The molecule has 0 spiro atoms. The third-order valence-corrected chi connectivity index (χ3v) is 3.38. The minimum Gasteiger partial charge on any atom is -0.370 e. The maximum absolute atomic E-state index is 12.5. The zero-order chi connectivity index (χ0) is 14.0. The summed E-state index contributed by atoms with van der Waals surface area (Å²) in [6.45, 7) is 4.63. The highest BCUT2D eigenvalue weighted by Crippen LogP contribution is 2.28.